The van der Waals surface area contributed by atoms with Crippen LogP contribution in [0.25, 0.3) is 0 Å². The van der Waals surface area contributed by atoms with Crippen molar-refractivity contribution in [3.05, 3.63) is 62.7 Å². The number of carbonyl (C=O) groups is 1. The lowest BCUT2D eigenvalue weighted by atomic mass is 9.84. The summed E-state index contributed by atoms with van der Waals surface area (Å²) in [4.78, 5) is 13.0. The van der Waals surface area contributed by atoms with Crippen LogP contribution in [0.4, 0.5) is 17.6 Å². The van der Waals surface area contributed by atoms with Gasteiger partial charge in [0.2, 0.25) is 17.4 Å². The van der Waals surface area contributed by atoms with Crippen molar-refractivity contribution in [2.24, 2.45) is 5.92 Å². The van der Waals surface area contributed by atoms with E-state index in [4.69, 9.17) is 4.74 Å². The standard InChI is InChI=1S/C28H35F4IO2/c1-3-4-5-6-7-8-9-10-11-12-13-19(2)24(20-14-16-21(33)17-15-20)28(34)35-27-25(31)22(29)18-23(30)26(27)32/h14-19,24H,3-13H2,1-2H3. The quantitative estimate of drug-likeness (QED) is 0.0504. The van der Waals surface area contributed by atoms with Gasteiger partial charge in [0.25, 0.3) is 0 Å². The summed E-state index contributed by atoms with van der Waals surface area (Å²) in [5.74, 6) is -9.96. The van der Waals surface area contributed by atoms with E-state index in [1.165, 1.54) is 44.9 Å². The van der Waals surface area contributed by atoms with E-state index in [9.17, 15) is 22.4 Å². The van der Waals surface area contributed by atoms with Gasteiger partial charge in [0.1, 0.15) is 0 Å². The van der Waals surface area contributed by atoms with Crippen LogP contribution in [0, 0.1) is 32.8 Å². The Morgan fingerprint density at radius 2 is 1.31 bits per heavy atom. The van der Waals surface area contributed by atoms with Gasteiger partial charge >= 0.3 is 5.97 Å². The van der Waals surface area contributed by atoms with E-state index in [1.54, 1.807) is 12.1 Å². The molecule has 35 heavy (non-hydrogen) atoms. The third-order valence-corrected chi connectivity index (χ3v) is 7.06. The molecule has 2 rings (SSSR count). The van der Waals surface area contributed by atoms with Crippen LogP contribution in [-0.2, 0) is 4.79 Å². The summed E-state index contributed by atoms with van der Waals surface area (Å²) in [6, 6.07) is 7.27. The van der Waals surface area contributed by atoms with Crippen molar-refractivity contribution in [1.29, 1.82) is 0 Å². The third-order valence-electron chi connectivity index (χ3n) is 6.34. The van der Waals surface area contributed by atoms with E-state index in [0.29, 0.717) is 12.0 Å². The van der Waals surface area contributed by atoms with Crippen LogP contribution in [-0.4, -0.2) is 5.97 Å². The first-order valence-electron chi connectivity index (χ1n) is 12.6. The molecule has 2 nitrogen and oxygen atoms in total. The van der Waals surface area contributed by atoms with Crippen molar-refractivity contribution in [2.45, 2.75) is 90.4 Å². The SMILES string of the molecule is CCCCCCCCCCCCC(C)C(C(=O)Oc1c(F)c(F)cc(F)c1F)c1ccc(I)cc1. The average Bonchev–Trinajstić information content (AvgIpc) is 2.83. The fraction of sp³-hybridized carbons (Fsp3) is 0.536. The van der Waals surface area contributed by atoms with Crippen LogP contribution in [0.1, 0.15) is 96.0 Å². The van der Waals surface area contributed by atoms with Gasteiger partial charge in [0.05, 0.1) is 5.92 Å². The summed E-state index contributed by atoms with van der Waals surface area (Å²) in [7, 11) is 0. The van der Waals surface area contributed by atoms with Gasteiger partial charge in [-0.05, 0) is 52.6 Å². The monoisotopic (exact) mass is 606 g/mol. The lowest BCUT2D eigenvalue weighted by Crippen LogP contribution is -2.26. The molecule has 0 fully saturated rings. The zero-order valence-corrected chi connectivity index (χ0v) is 22.7. The van der Waals surface area contributed by atoms with Gasteiger partial charge in [-0.3, -0.25) is 4.79 Å². The lowest BCUT2D eigenvalue weighted by Gasteiger charge is -2.23. The van der Waals surface area contributed by atoms with Gasteiger partial charge in [0, 0.05) is 9.64 Å². The van der Waals surface area contributed by atoms with Gasteiger partial charge in [-0.15, -0.1) is 0 Å². The summed E-state index contributed by atoms with van der Waals surface area (Å²) >= 11 is 2.14. The summed E-state index contributed by atoms with van der Waals surface area (Å²) in [6.07, 6.45) is 12.6. The number of halogens is 5. The van der Waals surface area contributed by atoms with Crippen molar-refractivity contribution < 1.29 is 27.1 Å². The Balaban J connectivity index is 2.00. The number of carbonyl (C=O) groups excluding carboxylic acids is 1. The fourth-order valence-corrected chi connectivity index (χ4v) is 4.65. The topological polar surface area (TPSA) is 26.3 Å². The second-order valence-electron chi connectivity index (χ2n) is 9.20. The summed E-state index contributed by atoms with van der Waals surface area (Å²) in [5, 5.41) is 0. The highest BCUT2D eigenvalue weighted by Gasteiger charge is 2.31. The maximum absolute atomic E-state index is 14.1. The van der Waals surface area contributed by atoms with Gasteiger partial charge < -0.3 is 4.74 Å². The molecule has 0 radical (unpaired) electrons. The maximum atomic E-state index is 14.1. The minimum Gasteiger partial charge on any atom is -0.420 e. The molecule has 0 aliphatic rings. The Labute approximate surface area is 220 Å². The molecule has 0 spiro atoms. The number of rotatable bonds is 15. The minimum absolute atomic E-state index is 0.0897. The van der Waals surface area contributed by atoms with Crippen LogP contribution >= 0.6 is 22.6 Å². The van der Waals surface area contributed by atoms with Crippen LogP contribution in [0.5, 0.6) is 5.75 Å². The second kappa shape index (κ2) is 15.5. The Hall–Kier alpha value is -1.64. The molecule has 7 heteroatoms. The van der Waals surface area contributed by atoms with Gasteiger partial charge in [0.15, 0.2) is 11.6 Å². The highest BCUT2D eigenvalue weighted by atomic mass is 127. The molecule has 2 aromatic carbocycles. The van der Waals surface area contributed by atoms with Gasteiger partial charge in [-0.1, -0.05) is 90.2 Å². The maximum Gasteiger partial charge on any atom is 0.319 e. The summed E-state index contributed by atoms with van der Waals surface area (Å²) in [5.41, 5.74) is 0.632. The molecule has 0 aliphatic carbocycles. The van der Waals surface area contributed by atoms with Crippen LogP contribution in [0.15, 0.2) is 30.3 Å². The normalized spacial score (nSPS) is 13.0. The molecule has 0 N–H and O–H groups in total. The number of hydrogen-bond donors (Lipinski definition) is 0. The molecular formula is C28H35F4IO2. The number of ether oxygens (including phenoxy) is 1. The molecule has 0 heterocycles. The van der Waals surface area contributed by atoms with Crippen molar-refractivity contribution >= 4 is 28.6 Å². The minimum atomic E-state index is -1.72. The predicted octanol–water partition coefficient (Wildman–Crippen LogP) is 9.48. The van der Waals surface area contributed by atoms with Crippen molar-refractivity contribution in [2.75, 3.05) is 0 Å². The van der Waals surface area contributed by atoms with E-state index in [1.807, 2.05) is 19.1 Å². The molecular weight excluding hydrogens is 571 g/mol. The number of unbranched alkanes of at least 4 members (excludes halogenated alkanes) is 9. The molecule has 0 aromatic heterocycles. The molecule has 0 aliphatic heterocycles. The number of benzene rings is 2. The van der Waals surface area contributed by atoms with E-state index >= 15 is 0 Å². The largest absolute Gasteiger partial charge is 0.420 e. The van der Waals surface area contributed by atoms with Crippen LogP contribution in [0.2, 0.25) is 0 Å². The summed E-state index contributed by atoms with van der Waals surface area (Å²) < 4.78 is 61.3. The summed E-state index contributed by atoms with van der Waals surface area (Å²) in [6.45, 7) is 4.10. The molecule has 0 saturated heterocycles. The number of esters is 1. The predicted molar refractivity (Wildman–Crippen MR) is 139 cm³/mol. The molecule has 2 atom stereocenters. The third kappa shape index (κ3) is 9.39. The Morgan fingerprint density at radius 1 is 0.829 bits per heavy atom. The number of hydrogen-bond acceptors (Lipinski definition) is 2. The van der Waals surface area contributed by atoms with Gasteiger partial charge in [-0.2, -0.15) is 8.78 Å². The zero-order chi connectivity index (χ0) is 25.8. The Bertz CT molecular complexity index is 907. The highest BCUT2D eigenvalue weighted by Crippen LogP contribution is 2.33. The molecule has 194 valence electrons. The fourth-order valence-electron chi connectivity index (χ4n) is 4.29. The molecule has 0 bridgehead atoms. The molecule has 2 unspecified atom stereocenters. The van der Waals surface area contributed by atoms with E-state index in [2.05, 4.69) is 29.5 Å². The molecule has 2 aromatic rings. The van der Waals surface area contributed by atoms with Crippen LogP contribution < -0.4 is 4.74 Å². The van der Waals surface area contributed by atoms with E-state index in [-0.39, 0.29) is 12.0 Å². The zero-order valence-electron chi connectivity index (χ0n) is 20.5. The first-order valence-corrected chi connectivity index (χ1v) is 13.6. The first kappa shape index (κ1) is 29.6. The average molecular weight is 606 g/mol. The van der Waals surface area contributed by atoms with Gasteiger partial charge in [-0.25, -0.2) is 8.78 Å². The lowest BCUT2D eigenvalue weighted by molar-refractivity contribution is -0.137. The molecule has 0 saturated carbocycles. The van der Waals surface area contributed by atoms with E-state index in [0.717, 1.165) is 22.8 Å². The first-order chi connectivity index (χ1) is 16.8. The molecule has 0 amide bonds. The van der Waals surface area contributed by atoms with Crippen molar-refractivity contribution in [3.63, 3.8) is 0 Å². The smallest absolute Gasteiger partial charge is 0.319 e. The second-order valence-corrected chi connectivity index (χ2v) is 10.4. The highest BCUT2D eigenvalue weighted by molar-refractivity contribution is 14.1. The van der Waals surface area contributed by atoms with Crippen molar-refractivity contribution in [3.8, 4) is 5.75 Å². The van der Waals surface area contributed by atoms with Crippen molar-refractivity contribution in [1.82, 2.24) is 0 Å². The Morgan fingerprint density at radius 3 is 1.83 bits per heavy atom. The Kier molecular flexibility index (Phi) is 13.1. The van der Waals surface area contributed by atoms with Crippen LogP contribution in [0.3, 0.4) is 0 Å². The van der Waals surface area contributed by atoms with E-state index < -0.39 is 40.9 Å².